The minimum atomic E-state index is -0.00992. The Balaban J connectivity index is 2.28. The molecule has 0 aliphatic carbocycles. The van der Waals surface area contributed by atoms with Crippen LogP contribution in [0.15, 0.2) is 28.2 Å². The van der Waals surface area contributed by atoms with E-state index >= 15 is 0 Å². The van der Waals surface area contributed by atoms with Crippen LogP contribution in [0.2, 0.25) is 5.02 Å². The topological polar surface area (TPSA) is 34.9 Å². The minimum absolute atomic E-state index is 0.00992. The highest BCUT2D eigenvalue weighted by Gasteiger charge is 2.24. The molecule has 0 unspecified atom stereocenters. The van der Waals surface area contributed by atoms with Crippen LogP contribution >= 0.6 is 36.0 Å². The molecule has 0 N–H and O–H groups in total. The predicted molar refractivity (Wildman–Crippen MR) is 74.5 cm³/mol. The molecule has 1 aliphatic rings. The molecule has 1 atom stereocenters. The Morgan fingerprint density at radius 3 is 3.18 bits per heavy atom. The molecule has 3 nitrogen and oxygen atoms in total. The Morgan fingerprint density at radius 1 is 1.59 bits per heavy atom. The number of hydrogen-bond acceptors (Lipinski definition) is 4. The predicted octanol–water partition coefficient (Wildman–Crippen LogP) is 2.45. The quantitative estimate of drug-likeness (QED) is 0.645. The van der Waals surface area contributed by atoms with Gasteiger partial charge in [-0.1, -0.05) is 23.4 Å². The Bertz CT molecular complexity index is 656. The third kappa shape index (κ3) is 1.86. The Hall–Kier alpha value is -0.650. The molecule has 0 radical (unpaired) electrons. The van der Waals surface area contributed by atoms with Gasteiger partial charge in [0.25, 0.3) is 5.56 Å². The highest BCUT2D eigenvalue weighted by atomic mass is 35.5. The van der Waals surface area contributed by atoms with Crippen LogP contribution in [0.4, 0.5) is 0 Å². The van der Waals surface area contributed by atoms with Gasteiger partial charge in [-0.3, -0.25) is 9.36 Å². The molecule has 6 heteroatoms. The van der Waals surface area contributed by atoms with E-state index in [-0.39, 0.29) is 5.56 Å². The van der Waals surface area contributed by atoms with Crippen molar-refractivity contribution in [2.24, 2.45) is 0 Å². The van der Waals surface area contributed by atoms with E-state index in [0.29, 0.717) is 27.7 Å². The zero-order chi connectivity index (χ0) is 12.0. The van der Waals surface area contributed by atoms with Gasteiger partial charge in [-0.2, -0.15) is 12.6 Å². The van der Waals surface area contributed by atoms with E-state index in [1.54, 1.807) is 34.5 Å². The zero-order valence-electron chi connectivity index (χ0n) is 8.76. The lowest BCUT2D eigenvalue weighted by molar-refractivity contribution is 0.631. The van der Waals surface area contributed by atoms with Gasteiger partial charge in [0.2, 0.25) is 0 Å². The van der Waals surface area contributed by atoms with Gasteiger partial charge in [-0.25, -0.2) is 4.98 Å². The van der Waals surface area contributed by atoms with Crippen LogP contribution in [0.5, 0.6) is 0 Å². The van der Waals surface area contributed by atoms with E-state index in [1.165, 1.54) is 0 Å². The molecule has 17 heavy (non-hydrogen) atoms. The number of fused-ring (bicyclic) bond motifs is 2. The molecule has 0 amide bonds. The maximum atomic E-state index is 12.3. The number of aromatic nitrogens is 2. The van der Waals surface area contributed by atoms with Crippen molar-refractivity contribution in [3.05, 3.63) is 33.6 Å². The van der Waals surface area contributed by atoms with Gasteiger partial charge in [0, 0.05) is 22.6 Å². The van der Waals surface area contributed by atoms with E-state index < -0.39 is 0 Å². The molecule has 3 rings (SSSR count). The molecule has 2 heterocycles. The van der Waals surface area contributed by atoms with Gasteiger partial charge >= 0.3 is 0 Å². The summed E-state index contributed by atoms with van der Waals surface area (Å²) in [5, 5.41) is 2.25. The maximum Gasteiger partial charge on any atom is 0.262 e. The van der Waals surface area contributed by atoms with Gasteiger partial charge in [-0.05, 0) is 18.2 Å². The standard InChI is InChI=1S/C11H9ClN2OS2/c12-6-1-2-9-8(3-6)10(15)14-4-7(5-16)17-11(14)13-9/h1-3,7,16H,4-5H2/t7-/m1/s1. The Morgan fingerprint density at radius 2 is 2.41 bits per heavy atom. The van der Waals surface area contributed by atoms with Crippen LogP contribution in [0.25, 0.3) is 10.9 Å². The van der Waals surface area contributed by atoms with Crippen molar-refractivity contribution in [1.29, 1.82) is 0 Å². The van der Waals surface area contributed by atoms with Crippen molar-refractivity contribution >= 4 is 46.9 Å². The molecule has 0 spiro atoms. The summed E-state index contributed by atoms with van der Waals surface area (Å²) in [6.07, 6.45) is 0. The molecule has 0 fully saturated rings. The smallest absolute Gasteiger partial charge is 0.262 e. The van der Waals surface area contributed by atoms with Crippen molar-refractivity contribution in [1.82, 2.24) is 9.55 Å². The zero-order valence-corrected chi connectivity index (χ0v) is 11.2. The van der Waals surface area contributed by atoms with Gasteiger partial charge < -0.3 is 0 Å². The molecule has 1 aromatic heterocycles. The first-order valence-electron chi connectivity index (χ1n) is 5.16. The lowest BCUT2D eigenvalue weighted by Crippen LogP contribution is -2.22. The maximum absolute atomic E-state index is 12.3. The fourth-order valence-electron chi connectivity index (χ4n) is 1.91. The largest absolute Gasteiger partial charge is 0.286 e. The van der Waals surface area contributed by atoms with Gasteiger partial charge in [0.1, 0.15) is 0 Å². The van der Waals surface area contributed by atoms with Crippen molar-refractivity contribution in [2.45, 2.75) is 17.0 Å². The van der Waals surface area contributed by atoms with Crippen LogP contribution in [-0.4, -0.2) is 20.6 Å². The van der Waals surface area contributed by atoms with E-state index in [1.807, 2.05) is 0 Å². The number of benzene rings is 1. The molecule has 0 saturated carbocycles. The molecule has 1 aromatic carbocycles. The number of rotatable bonds is 1. The third-order valence-electron chi connectivity index (χ3n) is 2.74. The molecule has 0 bridgehead atoms. The second-order valence-electron chi connectivity index (χ2n) is 3.89. The average molecular weight is 285 g/mol. The lowest BCUT2D eigenvalue weighted by Gasteiger charge is -2.03. The van der Waals surface area contributed by atoms with E-state index in [2.05, 4.69) is 17.6 Å². The van der Waals surface area contributed by atoms with Crippen LogP contribution in [0.3, 0.4) is 0 Å². The van der Waals surface area contributed by atoms with Crippen LogP contribution < -0.4 is 5.56 Å². The number of thiol groups is 1. The number of halogens is 1. The first kappa shape index (κ1) is 11.4. The molecular formula is C11H9ClN2OS2. The number of nitrogens with zero attached hydrogens (tertiary/aromatic N) is 2. The molecule has 88 valence electrons. The molecular weight excluding hydrogens is 276 g/mol. The monoisotopic (exact) mass is 284 g/mol. The second-order valence-corrected chi connectivity index (χ2v) is 5.96. The molecule has 2 aromatic rings. The fraction of sp³-hybridized carbons (Fsp3) is 0.273. The van der Waals surface area contributed by atoms with Gasteiger partial charge in [-0.15, -0.1) is 0 Å². The summed E-state index contributed by atoms with van der Waals surface area (Å²) in [5.41, 5.74) is 0.697. The lowest BCUT2D eigenvalue weighted by atomic mass is 10.2. The Kier molecular flexibility index (Phi) is 2.84. The summed E-state index contributed by atoms with van der Waals surface area (Å²) in [5.74, 6) is 0.741. The van der Waals surface area contributed by atoms with Crippen molar-refractivity contribution in [3.8, 4) is 0 Å². The molecule has 1 aliphatic heterocycles. The summed E-state index contributed by atoms with van der Waals surface area (Å²) in [6.45, 7) is 0.678. The highest BCUT2D eigenvalue weighted by Crippen LogP contribution is 2.30. The first-order chi connectivity index (χ1) is 8.19. The van der Waals surface area contributed by atoms with Crippen LogP contribution in [-0.2, 0) is 6.54 Å². The van der Waals surface area contributed by atoms with Crippen molar-refractivity contribution < 1.29 is 0 Å². The average Bonchev–Trinajstić information content (AvgIpc) is 2.74. The summed E-state index contributed by atoms with van der Waals surface area (Å²) in [6, 6.07) is 5.22. The first-order valence-corrected chi connectivity index (χ1v) is 7.05. The van der Waals surface area contributed by atoms with Crippen LogP contribution in [0.1, 0.15) is 0 Å². The van der Waals surface area contributed by atoms with Gasteiger partial charge in [0.05, 0.1) is 10.9 Å². The normalized spacial score (nSPS) is 18.6. The fourth-order valence-corrected chi connectivity index (χ4v) is 3.45. The summed E-state index contributed by atoms with van der Waals surface area (Å²) < 4.78 is 1.71. The van der Waals surface area contributed by atoms with Crippen molar-refractivity contribution in [2.75, 3.05) is 5.75 Å². The van der Waals surface area contributed by atoms with E-state index in [9.17, 15) is 4.79 Å². The highest BCUT2D eigenvalue weighted by molar-refractivity contribution is 8.00. The second kappa shape index (κ2) is 4.23. The van der Waals surface area contributed by atoms with Crippen LogP contribution in [0, 0.1) is 0 Å². The Labute approximate surface area is 113 Å². The number of thioether (sulfide) groups is 1. The molecule has 0 saturated heterocycles. The SMILES string of the molecule is O=c1c2cc(Cl)ccc2nc2n1C[C@H](CS)S2. The van der Waals surface area contributed by atoms with E-state index in [0.717, 1.165) is 10.9 Å². The van der Waals surface area contributed by atoms with Gasteiger partial charge in [0.15, 0.2) is 5.16 Å². The summed E-state index contributed by atoms with van der Waals surface area (Å²) in [7, 11) is 0. The minimum Gasteiger partial charge on any atom is -0.286 e. The summed E-state index contributed by atoms with van der Waals surface area (Å²) in [4.78, 5) is 16.7. The van der Waals surface area contributed by atoms with E-state index in [4.69, 9.17) is 11.6 Å². The van der Waals surface area contributed by atoms with Crippen molar-refractivity contribution in [3.63, 3.8) is 0 Å². The third-order valence-corrected chi connectivity index (χ3v) is 4.84. The number of hydrogen-bond donors (Lipinski definition) is 1. The summed E-state index contributed by atoms with van der Waals surface area (Å²) >= 11 is 11.8.